The Kier molecular flexibility index (Phi) is 5.04. The topological polar surface area (TPSA) is 38.3 Å². The maximum atomic E-state index is 13.1. The Balaban J connectivity index is 2.23. The Hall–Kier alpha value is -1.78. The van der Waals surface area contributed by atoms with Crippen molar-refractivity contribution < 1.29 is 13.9 Å². The van der Waals surface area contributed by atoms with Crippen LogP contribution >= 0.6 is 23.2 Å². The van der Waals surface area contributed by atoms with E-state index in [1.54, 1.807) is 24.3 Å². The third-order valence-corrected chi connectivity index (χ3v) is 3.48. The van der Waals surface area contributed by atoms with Gasteiger partial charge in [0.15, 0.2) is 0 Å². The highest BCUT2D eigenvalue weighted by atomic mass is 35.5. The number of carbonyl (C=O) groups excluding carboxylic acids is 1. The number of rotatable bonds is 4. The highest BCUT2D eigenvalue weighted by Crippen LogP contribution is 2.31. The van der Waals surface area contributed by atoms with Gasteiger partial charge in [0.2, 0.25) is 0 Å². The third-order valence-electron chi connectivity index (χ3n) is 2.89. The number of ether oxygens (including phenoxy) is 1. The number of halogens is 3. The summed E-state index contributed by atoms with van der Waals surface area (Å²) < 4.78 is 17.9. The molecule has 0 aliphatic heterocycles. The van der Waals surface area contributed by atoms with Gasteiger partial charge in [-0.2, -0.15) is 0 Å². The summed E-state index contributed by atoms with van der Waals surface area (Å²) >= 11 is 11.9. The van der Waals surface area contributed by atoms with Crippen molar-refractivity contribution in [2.45, 2.75) is 6.54 Å². The van der Waals surface area contributed by atoms with E-state index in [9.17, 15) is 9.18 Å². The summed E-state index contributed by atoms with van der Waals surface area (Å²) in [7, 11) is 1.32. The molecule has 110 valence electrons. The van der Waals surface area contributed by atoms with Crippen LogP contribution < -0.4 is 5.32 Å². The van der Waals surface area contributed by atoms with E-state index in [0.717, 1.165) is 5.56 Å². The van der Waals surface area contributed by atoms with Crippen LogP contribution in [-0.4, -0.2) is 13.1 Å². The molecule has 0 atom stereocenters. The molecule has 6 heteroatoms. The first kappa shape index (κ1) is 15.6. The van der Waals surface area contributed by atoms with Crippen molar-refractivity contribution >= 4 is 34.9 Å². The normalized spacial score (nSPS) is 10.3. The molecule has 3 nitrogen and oxygen atoms in total. The molecule has 0 aromatic heterocycles. The minimum Gasteiger partial charge on any atom is -0.465 e. The minimum absolute atomic E-state index is 0.176. The van der Waals surface area contributed by atoms with Crippen molar-refractivity contribution in [3.8, 4) is 0 Å². The van der Waals surface area contributed by atoms with Gasteiger partial charge in [0, 0.05) is 6.54 Å². The van der Waals surface area contributed by atoms with Crippen LogP contribution in [0.2, 0.25) is 10.0 Å². The maximum absolute atomic E-state index is 13.1. The molecule has 2 aromatic rings. The van der Waals surface area contributed by atoms with Gasteiger partial charge in [-0.15, -0.1) is 0 Å². The summed E-state index contributed by atoms with van der Waals surface area (Å²) in [5.41, 5.74) is 1.59. The van der Waals surface area contributed by atoms with Crippen molar-refractivity contribution in [1.29, 1.82) is 0 Å². The van der Waals surface area contributed by atoms with Crippen LogP contribution in [0.25, 0.3) is 0 Å². The van der Waals surface area contributed by atoms with E-state index in [1.165, 1.54) is 19.2 Å². The molecular formula is C15H12Cl2FNO2. The quantitative estimate of drug-likeness (QED) is 0.838. The fraction of sp³-hybridized carbons (Fsp3) is 0.133. The second-order valence-electron chi connectivity index (χ2n) is 4.25. The van der Waals surface area contributed by atoms with E-state index in [0.29, 0.717) is 17.8 Å². The lowest BCUT2D eigenvalue weighted by Gasteiger charge is -2.12. The van der Waals surface area contributed by atoms with Crippen LogP contribution in [0.3, 0.4) is 0 Å². The third kappa shape index (κ3) is 3.65. The molecule has 0 unspecified atom stereocenters. The van der Waals surface area contributed by atoms with Crippen LogP contribution in [0.5, 0.6) is 0 Å². The zero-order valence-electron chi connectivity index (χ0n) is 11.1. The second kappa shape index (κ2) is 6.78. The molecule has 21 heavy (non-hydrogen) atoms. The van der Waals surface area contributed by atoms with E-state index in [2.05, 4.69) is 5.32 Å². The monoisotopic (exact) mass is 327 g/mol. The van der Waals surface area contributed by atoms with Crippen LogP contribution in [0.1, 0.15) is 15.9 Å². The van der Waals surface area contributed by atoms with Crippen molar-refractivity contribution in [2.75, 3.05) is 12.4 Å². The number of benzene rings is 2. The van der Waals surface area contributed by atoms with E-state index < -0.39 is 11.8 Å². The molecule has 0 aliphatic carbocycles. The minimum atomic E-state index is -0.509. The average molecular weight is 328 g/mol. The first-order valence-electron chi connectivity index (χ1n) is 6.07. The number of carbonyl (C=O) groups is 1. The number of hydrogen-bond donors (Lipinski definition) is 1. The molecule has 0 fully saturated rings. The van der Waals surface area contributed by atoms with Gasteiger partial charge >= 0.3 is 5.97 Å². The molecule has 1 N–H and O–H groups in total. The fourth-order valence-corrected chi connectivity index (χ4v) is 2.47. The van der Waals surface area contributed by atoms with Crippen molar-refractivity contribution in [3.05, 3.63) is 63.4 Å². The van der Waals surface area contributed by atoms with Crippen LogP contribution in [0.4, 0.5) is 10.1 Å². The first-order chi connectivity index (χ1) is 10.0. The Bertz CT molecular complexity index is 653. The fourth-order valence-electron chi connectivity index (χ4n) is 1.88. The Morgan fingerprint density at radius 2 is 1.86 bits per heavy atom. The molecule has 0 bridgehead atoms. The summed E-state index contributed by atoms with van der Waals surface area (Å²) in [5.74, 6) is -0.936. The van der Waals surface area contributed by atoms with Gasteiger partial charge in [-0.25, -0.2) is 9.18 Å². The number of esters is 1. The Morgan fingerprint density at radius 1 is 1.24 bits per heavy atom. The lowest BCUT2D eigenvalue weighted by atomic mass is 10.1. The summed E-state index contributed by atoms with van der Waals surface area (Å²) in [6.07, 6.45) is 0. The second-order valence-corrected chi connectivity index (χ2v) is 5.06. The van der Waals surface area contributed by atoms with Crippen LogP contribution in [0, 0.1) is 5.82 Å². The first-order valence-corrected chi connectivity index (χ1v) is 6.83. The van der Waals surface area contributed by atoms with Gasteiger partial charge in [0.05, 0.1) is 28.4 Å². The molecule has 0 saturated heterocycles. The molecule has 0 heterocycles. The smallest absolute Gasteiger partial charge is 0.338 e. The van der Waals surface area contributed by atoms with E-state index in [-0.39, 0.29) is 10.0 Å². The van der Waals surface area contributed by atoms with Gasteiger partial charge in [-0.05, 0) is 23.8 Å². The Morgan fingerprint density at radius 3 is 2.48 bits per heavy atom. The predicted molar refractivity (Wildman–Crippen MR) is 81.5 cm³/mol. The highest BCUT2D eigenvalue weighted by Gasteiger charge is 2.13. The number of anilines is 1. The maximum Gasteiger partial charge on any atom is 0.338 e. The summed E-state index contributed by atoms with van der Waals surface area (Å²) in [6.45, 7) is 0.302. The van der Waals surface area contributed by atoms with Gasteiger partial charge in [-0.3, -0.25) is 0 Å². The van der Waals surface area contributed by atoms with Crippen LogP contribution in [0.15, 0.2) is 36.4 Å². The van der Waals surface area contributed by atoms with Crippen molar-refractivity contribution in [1.82, 2.24) is 0 Å². The van der Waals surface area contributed by atoms with Crippen molar-refractivity contribution in [3.63, 3.8) is 0 Å². The predicted octanol–water partition coefficient (Wildman–Crippen LogP) is 4.53. The standard InChI is InChI=1S/C15H12Cl2FNO2/c1-21-15(20)11-5-3-2-4-9(11)8-19-14-12(16)6-10(18)7-13(14)17/h2-7,19H,8H2,1H3. The van der Waals surface area contributed by atoms with E-state index in [4.69, 9.17) is 27.9 Å². The lowest BCUT2D eigenvalue weighted by Crippen LogP contribution is -2.09. The van der Waals surface area contributed by atoms with E-state index in [1.807, 2.05) is 0 Å². The molecule has 2 rings (SSSR count). The zero-order chi connectivity index (χ0) is 15.4. The SMILES string of the molecule is COC(=O)c1ccccc1CNc1c(Cl)cc(F)cc1Cl. The molecule has 0 amide bonds. The molecule has 0 saturated carbocycles. The van der Waals surface area contributed by atoms with Crippen LogP contribution in [-0.2, 0) is 11.3 Å². The van der Waals surface area contributed by atoms with Gasteiger partial charge < -0.3 is 10.1 Å². The molecule has 0 radical (unpaired) electrons. The molecular weight excluding hydrogens is 316 g/mol. The summed E-state index contributed by atoms with van der Waals surface area (Å²) in [6, 6.07) is 9.33. The average Bonchev–Trinajstić information content (AvgIpc) is 2.45. The van der Waals surface area contributed by atoms with Crippen molar-refractivity contribution in [2.24, 2.45) is 0 Å². The number of methoxy groups -OCH3 is 1. The summed E-state index contributed by atoms with van der Waals surface area (Å²) in [5, 5.41) is 3.36. The molecule has 2 aromatic carbocycles. The number of nitrogens with one attached hydrogen (secondary N) is 1. The number of hydrogen-bond acceptors (Lipinski definition) is 3. The largest absolute Gasteiger partial charge is 0.465 e. The molecule has 0 aliphatic rings. The zero-order valence-corrected chi connectivity index (χ0v) is 12.6. The summed E-state index contributed by atoms with van der Waals surface area (Å²) in [4.78, 5) is 11.7. The lowest BCUT2D eigenvalue weighted by molar-refractivity contribution is 0.0599. The highest BCUT2D eigenvalue weighted by molar-refractivity contribution is 6.39. The Labute approximate surface area is 131 Å². The molecule has 0 spiro atoms. The van der Waals surface area contributed by atoms with Gasteiger partial charge in [0.1, 0.15) is 5.82 Å². The van der Waals surface area contributed by atoms with Gasteiger partial charge in [-0.1, -0.05) is 41.4 Å². The van der Waals surface area contributed by atoms with Gasteiger partial charge in [0.25, 0.3) is 0 Å². The van der Waals surface area contributed by atoms with E-state index >= 15 is 0 Å².